The minimum Gasteiger partial charge on any atom is -0.494 e. The lowest BCUT2D eigenvalue weighted by Gasteiger charge is -2.32. The minimum atomic E-state index is -0.324. The molecule has 0 spiro atoms. The van der Waals surface area contributed by atoms with Crippen LogP contribution in [0, 0.1) is 0 Å². The van der Waals surface area contributed by atoms with Crippen LogP contribution in [0.2, 0.25) is 0 Å². The van der Waals surface area contributed by atoms with Gasteiger partial charge in [0.2, 0.25) is 0 Å². The van der Waals surface area contributed by atoms with Crippen LogP contribution in [0.1, 0.15) is 34.6 Å². The zero-order valence-corrected chi connectivity index (χ0v) is 11.8. The first-order chi connectivity index (χ1) is 8.36. The van der Waals surface area contributed by atoms with Crippen molar-refractivity contribution in [3.63, 3.8) is 0 Å². The molecular weight excluding hydrogens is 227 g/mol. The van der Waals surface area contributed by atoms with Crippen molar-refractivity contribution in [3.05, 3.63) is 24.3 Å². The molecule has 1 heterocycles. The summed E-state index contributed by atoms with van der Waals surface area (Å²) in [5, 5.41) is 0. The average molecular weight is 248 g/mol. The molecule has 1 saturated heterocycles. The van der Waals surface area contributed by atoms with E-state index in [1.54, 1.807) is 0 Å². The van der Waals surface area contributed by atoms with Gasteiger partial charge in [-0.15, -0.1) is 0 Å². The lowest BCUT2D eigenvalue weighted by molar-refractivity contribution is 0.00578. The summed E-state index contributed by atoms with van der Waals surface area (Å²) in [6.45, 7) is 10.9. The molecule has 3 nitrogen and oxygen atoms in total. The van der Waals surface area contributed by atoms with Gasteiger partial charge in [0, 0.05) is 0 Å². The van der Waals surface area contributed by atoms with Crippen LogP contribution in [0.3, 0.4) is 0 Å². The van der Waals surface area contributed by atoms with E-state index in [2.05, 4.69) is 27.7 Å². The Morgan fingerprint density at radius 3 is 2.28 bits per heavy atom. The first kappa shape index (κ1) is 13.4. The third-order valence-electron chi connectivity index (χ3n) is 3.69. The lowest BCUT2D eigenvalue weighted by atomic mass is 9.79. The Labute approximate surface area is 110 Å². The highest BCUT2D eigenvalue weighted by atomic mass is 16.7. The number of rotatable bonds is 3. The molecule has 2 rings (SSSR count). The fraction of sp³-hybridized carbons (Fsp3) is 0.571. The van der Waals surface area contributed by atoms with Gasteiger partial charge in [-0.3, -0.25) is 0 Å². The first-order valence-electron chi connectivity index (χ1n) is 6.44. The maximum Gasteiger partial charge on any atom is 0.494 e. The predicted molar refractivity (Wildman–Crippen MR) is 73.3 cm³/mol. The lowest BCUT2D eigenvalue weighted by Crippen LogP contribution is -2.41. The number of ether oxygens (including phenoxy) is 1. The molecule has 0 saturated carbocycles. The first-order valence-corrected chi connectivity index (χ1v) is 6.44. The van der Waals surface area contributed by atoms with Crippen LogP contribution in [-0.2, 0) is 9.31 Å². The smallest absolute Gasteiger partial charge is 0.494 e. The molecular formula is C14H21BO3. The zero-order valence-electron chi connectivity index (χ0n) is 11.8. The Morgan fingerprint density at radius 2 is 1.72 bits per heavy atom. The van der Waals surface area contributed by atoms with Crippen molar-refractivity contribution in [3.8, 4) is 5.75 Å². The predicted octanol–water partition coefficient (Wildman–Crippen LogP) is 2.38. The van der Waals surface area contributed by atoms with Gasteiger partial charge in [0.1, 0.15) is 5.75 Å². The molecule has 0 amide bonds. The van der Waals surface area contributed by atoms with E-state index in [1.807, 2.05) is 31.2 Å². The number of hydrogen-bond donors (Lipinski definition) is 0. The monoisotopic (exact) mass is 248 g/mol. The molecule has 0 radical (unpaired) electrons. The summed E-state index contributed by atoms with van der Waals surface area (Å²) in [7, 11) is -0.324. The molecule has 1 aliphatic heterocycles. The number of hydrogen-bond acceptors (Lipinski definition) is 3. The van der Waals surface area contributed by atoms with E-state index in [9.17, 15) is 0 Å². The molecule has 1 aromatic rings. The molecule has 1 fully saturated rings. The summed E-state index contributed by atoms with van der Waals surface area (Å²) < 4.78 is 17.5. The van der Waals surface area contributed by atoms with Gasteiger partial charge in [-0.2, -0.15) is 0 Å². The molecule has 0 bridgehead atoms. The van der Waals surface area contributed by atoms with Crippen LogP contribution in [0.15, 0.2) is 24.3 Å². The van der Waals surface area contributed by atoms with Crippen molar-refractivity contribution < 1.29 is 14.0 Å². The van der Waals surface area contributed by atoms with Gasteiger partial charge in [0.05, 0.1) is 17.8 Å². The third kappa shape index (κ3) is 2.40. The standard InChI is InChI=1S/C14H21BO3/c1-6-16-12-9-7-8-11(10-12)15-17-13(2,3)14(4,5)18-15/h7-10H,6H2,1-5H3. The summed E-state index contributed by atoms with van der Waals surface area (Å²) in [6.07, 6.45) is 0. The molecule has 0 aliphatic carbocycles. The zero-order chi connectivity index (χ0) is 13.4. The van der Waals surface area contributed by atoms with Crippen molar-refractivity contribution in [2.45, 2.75) is 45.8 Å². The third-order valence-corrected chi connectivity index (χ3v) is 3.69. The Balaban J connectivity index is 2.21. The van der Waals surface area contributed by atoms with Gasteiger partial charge >= 0.3 is 7.12 Å². The summed E-state index contributed by atoms with van der Waals surface area (Å²) in [5.74, 6) is 0.852. The van der Waals surface area contributed by atoms with Crippen LogP contribution in [0.25, 0.3) is 0 Å². The van der Waals surface area contributed by atoms with Crippen molar-refractivity contribution in [1.29, 1.82) is 0 Å². The highest BCUT2D eigenvalue weighted by molar-refractivity contribution is 6.62. The van der Waals surface area contributed by atoms with Gasteiger partial charge in [-0.25, -0.2) is 0 Å². The maximum atomic E-state index is 6.01. The molecule has 98 valence electrons. The van der Waals surface area contributed by atoms with E-state index in [1.165, 1.54) is 0 Å². The average Bonchev–Trinajstić information content (AvgIpc) is 2.49. The molecule has 0 unspecified atom stereocenters. The topological polar surface area (TPSA) is 27.7 Å². The van der Waals surface area contributed by atoms with E-state index in [0.29, 0.717) is 6.61 Å². The van der Waals surface area contributed by atoms with Gasteiger partial charge < -0.3 is 14.0 Å². The van der Waals surface area contributed by atoms with Gasteiger partial charge in [-0.1, -0.05) is 12.1 Å². The van der Waals surface area contributed by atoms with Crippen molar-refractivity contribution in [1.82, 2.24) is 0 Å². The summed E-state index contributed by atoms with van der Waals surface area (Å²) >= 11 is 0. The van der Waals surface area contributed by atoms with Gasteiger partial charge in [0.25, 0.3) is 0 Å². The van der Waals surface area contributed by atoms with Crippen LogP contribution in [0.4, 0.5) is 0 Å². The molecule has 18 heavy (non-hydrogen) atoms. The van der Waals surface area contributed by atoms with Crippen LogP contribution >= 0.6 is 0 Å². The summed E-state index contributed by atoms with van der Waals surface area (Å²) in [6, 6.07) is 7.89. The van der Waals surface area contributed by atoms with E-state index < -0.39 is 0 Å². The van der Waals surface area contributed by atoms with E-state index in [4.69, 9.17) is 14.0 Å². The summed E-state index contributed by atoms with van der Waals surface area (Å²) in [4.78, 5) is 0. The Kier molecular flexibility index (Phi) is 3.43. The second kappa shape index (κ2) is 4.59. The van der Waals surface area contributed by atoms with E-state index in [0.717, 1.165) is 11.2 Å². The minimum absolute atomic E-state index is 0.306. The van der Waals surface area contributed by atoms with Crippen molar-refractivity contribution in [2.24, 2.45) is 0 Å². The highest BCUT2D eigenvalue weighted by Gasteiger charge is 2.51. The molecule has 0 aromatic heterocycles. The highest BCUT2D eigenvalue weighted by Crippen LogP contribution is 2.36. The normalized spacial score (nSPS) is 21.1. The summed E-state index contributed by atoms with van der Waals surface area (Å²) in [5.41, 5.74) is 0.387. The van der Waals surface area contributed by atoms with Crippen molar-refractivity contribution in [2.75, 3.05) is 6.61 Å². The molecule has 1 aliphatic rings. The Bertz CT molecular complexity index is 413. The van der Waals surface area contributed by atoms with Gasteiger partial charge in [-0.05, 0) is 52.2 Å². The molecule has 0 N–H and O–H groups in total. The second-order valence-corrected chi connectivity index (χ2v) is 5.59. The van der Waals surface area contributed by atoms with Gasteiger partial charge in [0.15, 0.2) is 0 Å². The van der Waals surface area contributed by atoms with E-state index >= 15 is 0 Å². The number of benzene rings is 1. The quantitative estimate of drug-likeness (QED) is 0.768. The Hall–Kier alpha value is -0.995. The largest absolute Gasteiger partial charge is 0.494 e. The second-order valence-electron chi connectivity index (χ2n) is 5.59. The SMILES string of the molecule is CCOc1cccc(B2OC(C)(C)C(C)(C)O2)c1. The fourth-order valence-electron chi connectivity index (χ4n) is 1.90. The van der Waals surface area contributed by atoms with Crippen LogP contribution in [0.5, 0.6) is 5.75 Å². The van der Waals surface area contributed by atoms with Crippen LogP contribution in [-0.4, -0.2) is 24.9 Å². The fourth-order valence-corrected chi connectivity index (χ4v) is 1.90. The maximum absolute atomic E-state index is 6.01. The van der Waals surface area contributed by atoms with E-state index in [-0.39, 0.29) is 18.3 Å². The van der Waals surface area contributed by atoms with Crippen molar-refractivity contribution >= 4 is 12.6 Å². The Morgan fingerprint density at radius 1 is 1.11 bits per heavy atom. The van der Waals surface area contributed by atoms with Crippen LogP contribution < -0.4 is 10.2 Å². The molecule has 4 heteroatoms. The molecule has 1 aromatic carbocycles. The molecule has 0 atom stereocenters.